The molecule has 1 heterocycles. The lowest BCUT2D eigenvalue weighted by Crippen LogP contribution is -2.19. The summed E-state index contributed by atoms with van der Waals surface area (Å²) in [7, 11) is 0. The van der Waals surface area contributed by atoms with Crippen molar-refractivity contribution in [1.29, 1.82) is 0 Å². The monoisotopic (exact) mass is 300 g/mol. The number of hydrogen-bond donors (Lipinski definition) is 3. The lowest BCUT2D eigenvalue weighted by atomic mass is 10.1. The van der Waals surface area contributed by atoms with E-state index in [2.05, 4.69) is 10.6 Å². The second-order valence-electron chi connectivity index (χ2n) is 4.55. The molecule has 2 amide bonds. The summed E-state index contributed by atoms with van der Waals surface area (Å²) in [5.41, 5.74) is 1.61. The van der Waals surface area contributed by atoms with Gasteiger partial charge in [0.05, 0.1) is 11.4 Å². The number of anilines is 2. The number of rotatable bonds is 2. The molecule has 0 saturated carbocycles. The molecule has 1 aliphatic heterocycles. The highest BCUT2D eigenvalue weighted by Gasteiger charge is 2.17. The number of fused-ring (bicyclic) bond motifs is 1. The third kappa shape index (κ3) is 3.00. The highest BCUT2D eigenvalue weighted by molar-refractivity contribution is 8.00. The van der Waals surface area contributed by atoms with Crippen molar-refractivity contribution >= 4 is 35.0 Å². The van der Waals surface area contributed by atoms with Crippen LogP contribution in [0, 0.1) is 0 Å². The van der Waals surface area contributed by atoms with E-state index in [1.807, 2.05) is 6.07 Å². The van der Waals surface area contributed by atoms with Crippen molar-refractivity contribution in [2.24, 2.45) is 0 Å². The van der Waals surface area contributed by atoms with Crippen LogP contribution in [-0.4, -0.2) is 22.7 Å². The van der Waals surface area contributed by atoms with Crippen LogP contribution in [0.15, 0.2) is 47.4 Å². The van der Waals surface area contributed by atoms with Gasteiger partial charge in [-0.25, -0.2) is 0 Å². The Morgan fingerprint density at radius 3 is 2.90 bits per heavy atom. The molecule has 2 aromatic carbocycles. The van der Waals surface area contributed by atoms with E-state index in [-0.39, 0.29) is 17.6 Å². The van der Waals surface area contributed by atoms with Crippen molar-refractivity contribution in [3.63, 3.8) is 0 Å². The number of phenolic OH excluding ortho intramolecular Hbond substituents is 1. The number of thioether (sulfide) groups is 1. The van der Waals surface area contributed by atoms with Crippen molar-refractivity contribution in [2.75, 3.05) is 16.4 Å². The van der Waals surface area contributed by atoms with Gasteiger partial charge in [0, 0.05) is 22.2 Å². The number of phenols is 1. The number of nitrogens with one attached hydrogen (secondary N) is 2. The van der Waals surface area contributed by atoms with Gasteiger partial charge in [-0.05, 0) is 30.3 Å². The molecular weight excluding hydrogens is 288 g/mol. The Labute approximate surface area is 125 Å². The fourth-order valence-corrected chi connectivity index (χ4v) is 2.80. The van der Waals surface area contributed by atoms with E-state index < -0.39 is 0 Å². The van der Waals surface area contributed by atoms with Gasteiger partial charge < -0.3 is 15.7 Å². The quantitative estimate of drug-likeness (QED) is 0.797. The highest BCUT2D eigenvalue weighted by Crippen LogP contribution is 2.32. The first kappa shape index (κ1) is 13.5. The van der Waals surface area contributed by atoms with E-state index >= 15 is 0 Å². The van der Waals surface area contributed by atoms with Gasteiger partial charge in [0.15, 0.2) is 0 Å². The van der Waals surface area contributed by atoms with Crippen LogP contribution < -0.4 is 10.6 Å². The maximum absolute atomic E-state index is 12.2. The summed E-state index contributed by atoms with van der Waals surface area (Å²) < 4.78 is 0. The average Bonchev–Trinajstić information content (AvgIpc) is 2.46. The van der Waals surface area contributed by atoms with Crippen molar-refractivity contribution in [3.8, 4) is 5.75 Å². The first-order valence-corrected chi connectivity index (χ1v) is 7.27. The Hall–Kier alpha value is -2.47. The van der Waals surface area contributed by atoms with Crippen LogP contribution in [0.2, 0.25) is 0 Å². The van der Waals surface area contributed by atoms with Crippen molar-refractivity contribution in [3.05, 3.63) is 48.0 Å². The predicted molar refractivity (Wildman–Crippen MR) is 81.9 cm³/mol. The molecule has 1 aliphatic rings. The topological polar surface area (TPSA) is 78.4 Å². The third-order valence-corrected chi connectivity index (χ3v) is 4.05. The maximum atomic E-state index is 12.2. The molecular formula is C15H12N2O3S. The minimum atomic E-state index is -0.298. The SMILES string of the molecule is O=C1CSc2ccc(C(=O)Nc3cccc(O)c3)cc2N1. The second-order valence-corrected chi connectivity index (χ2v) is 5.57. The number of aromatic hydroxyl groups is 1. The van der Waals surface area contributed by atoms with E-state index in [1.165, 1.54) is 23.9 Å². The largest absolute Gasteiger partial charge is 0.508 e. The van der Waals surface area contributed by atoms with E-state index in [1.54, 1.807) is 24.3 Å². The molecule has 3 N–H and O–H groups in total. The molecule has 2 aromatic rings. The first-order chi connectivity index (χ1) is 10.1. The smallest absolute Gasteiger partial charge is 0.255 e. The number of amides is 2. The summed E-state index contributed by atoms with van der Waals surface area (Å²) in [6.45, 7) is 0. The molecule has 0 bridgehead atoms. The Kier molecular flexibility index (Phi) is 3.53. The number of hydrogen-bond acceptors (Lipinski definition) is 4. The van der Waals surface area contributed by atoms with Crippen LogP contribution in [0.3, 0.4) is 0 Å². The van der Waals surface area contributed by atoms with Gasteiger partial charge in [-0.15, -0.1) is 11.8 Å². The summed E-state index contributed by atoms with van der Waals surface area (Å²) in [5.74, 6) is 0.107. The van der Waals surface area contributed by atoms with Gasteiger partial charge in [-0.1, -0.05) is 6.07 Å². The Balaban J connectivity index is 1.82. The van der Waals surface area contributed by atoms with Crippen molar-refractivity contribution in [2.45, 2.75) is 4.90 Å². The zero-order chi connectivity index (χ0) is 14.8. The molecule has 0 atom stereocenters. The van der Waals surface area contributed by atoms with Gasteiger partial charge in [-0.2, -0.15) is 0 Å². The fraction of sp³-hybridized carbons (Fsp3) is 0.0667. The summed E-state index contributed by atoms with van der Waals surface area (Å²) in [6.07, 6.45) is 0. The minimum absolute atomic E-state index is 0.0713. The van der Waals surface area contributed by atoms with Crippen LogP contribution in [0.25, 0.3) is 0 Å². The van der Waals surface area contributed by atoms with Gasteiger partial charge >= 0.3 is 0 Å². The molecule has 0 aromatic heterocycles. The molecule has 3 rings (SSSR count). The lowest BCUT2D eigenvalue weighted by molar-refractivity contribution is -0.113. The average molecular weight is 300 g/mol. The van der Waals surface area contributed by atoms with E-state index in [4.69, 9.17) is 0 Å². The Bertz CT molecular complexity index is 731. The highest BCUT2D eigenvalue weighted by atomic mass is 32.2. The van der Waals surface area contributed by atoms with Crippen LogP contribution >= 0.6 is 11.8 Å². The Morgan fingerprint density at radius 1 is 1.24 bits per heavy atom. The zero-order valence-electron chi connectivity index (χ0n) is 10.9. The zero-order valence-corrected chi connectivity index (χ0v) is 11.7. The van der Waals surface area contributed by atoms with Gasteiger partial charge in [-0.3, -0.25) is 9.59 Å². The molecule has 5 nitrogen and oxygen atoms in total. The molecule has 0 saturated heterocycles. The summed E-state index contributed by atoms with van der Waals surface area (Å²) in [6, 6.07) is 11.5. The van der Waals surface area contributed by atoms with Crippen LogP contribution in [0.1, 0.15) is 10.4 Å². The number of benzene rings is 2. The van der Waals surface area contributed by atoms with Crippen molar-refractivity contribution < 1.29 is 14.7 Å². The standard InChI is InChI=1S/C15H12N2O3S/c18-11-3-1-2-10(7-11)16-15(20)9-4-5-13-12(6-9)17-14(19)8-21-13/h1-7,18H,8H2,(H,16,20)(H,17,19). The summed E-state index contributed by atoms with van der Waals surface area (Å²) in [5, 5.41) is 14.8. The summed E-state index contributed by atoms with van der Waals surface area (Å²) >= 11 is 1.45. The molecule has 0 aliphatic carbocycles. The van der Waals surface area contributed by atoms with Crippen LogP contribution in [0.4, 0.5) is 11.4 Å². The van der Waals surface area contributed by atoms with E-state index in [0.717, 1.165) is 4.90 Å². The molecule has 21 heavy (non-hydrogen) atoms. The first-order valence-electron chi connectivity index (χ1n) is 6.29. The van der Waals surface area contributed by atoms with Gasteiger partial charge in [0.1, 0.15) is 5.75 Å². The number of carbonyl (C=O) groups excluding carboxylic acids is 2. The van der Waals surface area contributed by atoms with Crippen LogP contribution in [0.5, 0.6) is 5.75 Å². The normalized spacial score (nSPS) is 13.2. The molecule has 0 spiro atoms. The molecule has 0 radical (unpaired) electrons. The molecule has 106 valence electrons. The molecule has 6 heteroatoms. The Morgan fingerprint density at radius 2 is 2.10 bits per heavy atom. The molecule has 0 fully saturated rings. The molecule has 0 unspecified atom stereocenters. The van der Waals surface area contributed by atoms with Gasteiger partial charge in [0.2, 0.25) is 5.91 Å². The predicted octanol–water partition coefficient (Wildman–Crippen LogP) is 2.69. The van der Waals surface area contributed by atoms with E-state index in [9.17, 15) is 14.7 Å². The van der Waals surface area contributed by atoms with Crippen LogP contribution in [-0.2, 0) is 4.79 Å². The van der Waals surface area contributed by atoms with Crippen molar-refractivity contribution in [1.82, 2.24) is 0 Å². The van der Waals surface area contributed by atoms with Gasteiger partial charge in [0.25, 0.3) is 5.91 Å². The minimum Gasteiger partial charge on any atom is -0.508 e. The lowest BCUT2D eigenvalue weighted by Gasteiger charge is -2.17. The third-order valence-electron chi connectivity index (χ3n) is 2.98. The summed E-state index contributed by atoms with van der Waals surface area (Å²) in [4.78, 5) is 24.5. The fourth-order valence-electron chi connectivity index (χ4n) is 2.01. The second kappa shape index (κ2) is 5.49. The van der Waals surface area contributed by atoms with E-state index in [0.29, 0.717) is 22.7 Å². The number of carbonyl (C=O) groups is 2. The maximum Gasteiger partial charge on any atom is 0.255 e.